The van der Waals surface area contributed by atoms with Crippen LogP contribution in [0.1, 0.15) is 42.5 Å². The van der Waals surface area contributed by atoms with Crippen LogP contribution in [0, 0.1) is 0 Å². The predicted octanol–water partition coefficient (Wildman–Crippen LogP) is 3.16. The first-order valence-electron chi connectivity index (χ1n) is 8.92. The SMILES string of the molecule is O=C(COC(=O)c1ccccc1OC(F)F)NC(=O)NCCC1=CCCCC1. The lowest BCUT2D eigenvalue weighted by Crippen LogP contribution is -2.41. The molecule has 0 spiro atoms. The van der Waals surface area contributed by atoms with Crippen molar-refractivity contribution in [2.24, 2.45) is 0 Å². The summed E-state index contributed by atoms with van der Waals surface area (Å²) in [7, 11) is 0. The number of esters is 1. The fourth-order valence-electron chi connectivity index (χ4n) is 2.72. The van der Waals surface area contributed by atoms with Crippen LogP contribution in [0.2, 0.25) is 0 Å². The van der Waals surface area contributed by atoms with Gasteiger partial charge in [0.2, 0.25) is 0 Å². The van der Waals surface area contributed by atoms with E-state index in [1.807, 2.05) is 5.32 Å². The number of urea groups is 1. The normalized spacial score (nSPS) is 13.5. The molecule has 0 aliphatic heterocycles. The lowest BCUT2D eigenvalue weighted by atomic mass is 9.97. The molecule has 9 heteroatoms. The number of carbonyl (C=O) groups excluding carboxylic acids is 3. The van der Waals surface area contributed by atoms with E-state index in [2.05, 4.69) is 16.1 Å². The first-order valence-corrected chi connectivity index (χ1v) is 8.92. The molecule has 2 rings (SSSR count). The van der Waals surface area contributed by atoms with Gasteiger partial charge in [-0.1, -0.05) is 23.8 Å². The van der Waals surface area contributed by atoms with Gasteiger partial charge >= 0.3 is 18.6 Å². The van der Waals surface area contributed by atoms with Crippen molar-refractivity contribution in [1.29, 1.82) is 0 Å². The van der Waals surface area contributed by atoms with E-state index in [0.717, 1.165) is 25.7 Å². The minimum Gasteiger partial charge on any atom is -0.452 e. The summed E-state index contributed by atoms with van der Waals surface area (Å²) in [6.45, 7) is -3.45. The first kappa shape index (κ1) is 21.3. The van der Waals surface area contributed by atoms with Crippen molar-refractivity contribution in [1.82, 2.24) is 10.6 Å². The molecule has 1 aromatic carbocycles. The molecule has 7 nitrogen and oxygen atoms in total. The van der Waals surface area contributed by atoms with Crippen LogP contribution >= 0.6 is 0 Å². The number of carbonyl (C=O) groups is 3. The average molecular weight is 396 g/mol. The number of imide groups is 1. The maximum absolute atomic E-state index is 12.4. The van der Waals surface area contributed by atoms with Crippen LogP contribution in [0.15, 0.2) is 35.9 Å². The summed E-state index contributed by atoms with van der Waals surface area (Å²) in [6, 6.07) is 4.56. The second-order valence-corrected chi connectivity index (χ2v) is 6.11. The summed E-state index contributed by atoms with van der Waals surface area (Å²) in [5, 5.41) is 4.59. The second kappa shape index (κ2) is 11.0. The maximum atomic E-state index is 12.4. The van der Waals surface area contributed by atoms with Gasteiger partial charge in [0.1, 0.15) is 11.3 Å². The molecule has 0 unspecified atom stereocenters. The molecule has 1 aromatic rings. The zero-order chi connectivity index (χ0) is 20.4. The van der Waals surface area contributed by atoms with Crippen molar-refractivity contribution in [3.8, 4) is 5.75 Å². The fourth-order valence-corrected chi connectivity index (χ4v) is 2.72. The number of amides is 3. The minimum absolute atomic E-state index is 0.249. The number of halogens is 2. The van der Waals surface area contributed by atoms with Crippen molar-refractivity contribution < 1.29 is 32.6 Å². The summed E-state index contributed by atoms with van der Waals surface area (Å²) in [5.41, 5.74) is 1.04. The summed E-state index contributed by atoms with van der Waals surface area (Å²) < 4.78 is 33.7. The van der Waals surface area contributed by atoms with Gasteiger partial charge < -0.3 is 14.8 Å². The van der Waals surface area contributed by atoms with Gasteiger partial charge in [-0.2, -0.15) is 8.78 Å². The van der Waals surface area contributed by atoms with Crippen LogP contribution in [0.25, 0.3) is 0 Å². The van der Waals surface area contributed by atoms with Gasteiger partial charge in [-0.15, -0.1) is 0 Å². The van der Waals surface area contributed by atoms with Gasteiger partial charge in [-0.25, -0.2) is 9.59 Å². The second-order valence-electron chi connectivity index (χ2n) is 6.11. The standard InChI is InChI=1S/C19H22F2N2O5/c20-18(21)28-15-9-5-4-8-14(15)17(25)27-12-16(24)23-19(26)22-11-10-13-6-2-1-3-7-13/h4-6,8-9,18H,1-3,7,10-12H2,(H2,22,23,24,26). The minimum atomic E-state index is -3.11. The molecular formula is C19H22F2N2O5. The van der Waals surface area contributed by atoms with E-state index in [4.69, 9.17) is 4.74 Å². The highest BCUT2D eigenvalue weighted by Crippen LogP contribution is 2.21. The first-order chi connectivity index (χ1) is 13.5. The van der Waals surface area contributed by atoms with Crippen LogP contribution in [0.5, 0.6) is 5.75 Å². The molecule has 0 saturated carbocycles. The molecule has 152 valence electrons. The molecular weight excluding hydrogens is 374 g/mol. The van der Waals surface area contributed by atoms with Crippen LogP contribution in [-0.2, 0) is 9.53 Å². The van der Waals surface area contributed by atoms with Gasteiger partial charge in [0.25, 0.3) is 5.91 Å². The molecule has 0 atom stereocenters. The highest BCUT2D eigenvalue weighted by molar-refractivity contribution is 5.97. The number of alkyl halides is 2. The van der Waals surface area contributed by atoms with Crippen molar-refractivity contribution in [3.63, 3.8) is 0 Å². The fraction of sp³-hybridized carbons (Fsp3) is 0.421. The zero-order valence-electron chi connectivity index (χ0n) is 15.2. The zero-order valence-corrected chi connectivity index (χ0v) is 15.2. The summed E-state index contributed by atoms with van der Waals surface area (Å²) >= 11 is 0. The molecule has 0 saturated heterocycles. The maximum Gasteiger partial charge on any atom is 0.387 e. The Bertz CT molecular complexity index is 737. The number of ether oxygens (including phenoxy) is 2. The summed E-state index contributed by atoms with van der Waals surface area (Å²) in [4.78, 5) is 35.3. The number of allylic oxidation sites excluding steroid dienone is 1. The van der Waals surface area contributed by atoms with E-state index in [-0.39, 0.29) is 11.3 Å². The molecule has 1 aliphatic carbocycles. The van der Waals surface area contributed by atoms with E-state index < -0.39 is 31.1 Å². The van der Waals surface area contributed by atoms with E-state index in [9.17, 15) is 23.2 Å². The third kappa shape index (κ3) is 7.34. The number of hydrogen-bond donors (Lipinski definition) is 2. The van der Waals surface area contributed by atoms with Gasteiger partial charge in [0.15, 0.2) is 6.61 Å². The quantitative estimate of drug-likeness (QED) is 0.520. The van der Waals surface area contributed by atoms with Gasteiger partial charge in [-0.05, 0) is 44.2 Å². The lowest BCUT2D eigenvalue weighted by molar-refractivity contribution is -0.123. The molecule has 1 aliphatic rings. The monoisotopic (exact) mass is 396 g/mol. The molecule has 0 radical (unpaired) electrons. The number of benzene rings is 1. The Morgan fingerprint density at radius 3 is 2.64 bits per heavy atom. The van der Waals surface area contributed by atoms with Gasteiger partial charge in [0, 0.05) is 6.54 Å². The van der Waals surface area contributed by atoms with Crippen molar-refractivity contribution in [2.75, 3.05) is 13.2 Å². The number of nitrogens with one attached hydrogen (secondary N) is 2. The molecule has 3 amide bonds. The summed E-state index contributed by atoms with van der Waals surface area (Å²) in [5.74, 6) is -2.22. The third-order valence-corrected chi connectivity index (χ3v) is 4.03. The molecule has 0 heterocycles. The Hall–Kier alpha value is -2.97. The predicted molar refractivity (Wildman–Crippen MR) is 96.1 cm³/mol. The van der Waals surface area contributed by atoms with Crippen LogP contribution in [0.3, 0.4) is 0 Å². The van der Waals surface area contributed by atoms with Crippen molar-refractivity contribution in [3.05, 3.63) is 41.5 Å². The van der Waals surface area contributed by atoms with Gasteiger partial charge in [-0.3, -0.25) is 10.1 Å². The smallest absolute Gasteiger partial charge is 0.387 e. The Morgan fingerprint density at radius 2 is 1.93 bits per heavy atom. The Kier molecular flexibility index (Phi) is 8.38. The lowest BCUT2D eigenvalue weighted by Gasteiger charge is -2.13. The van der Waals surface area contributed by atoms with Crippen LogP contribution < -0.4 is 15.4 Å². The Morgan fingerprint density at radius 1 is 1.14 bits per heavy atom. The van der Waals surface area contributed by atoms with Crippen LogP contribution in [-0.4, -0.2) is 37.7 Å². The number of rotatable bonds is 8. The van der Waals surface area contributed by atoms with Crippen LogP contribution in [0.4, 0.5) is 13.6 Å². The van der Waals surface area contributed by atoms with E-state index in [1.165, 1.54) is 36.3 Å². The molecule has 2 N–H and O–H groups in total. The third-order valence-electron chi connectivity index (χ3n) is 4.03. The molecule has 0 fully saturated rings. The number of para-hydroxylation sites is 1. The number of hydrogen-bond acceptors (Lipinski definition) is 5. The summed E-state index contributed by atoms with van der Waals surface area (Å²) in [6.07, 6.45) is 7.29. The molecule has 28 heavy (non-hydrogen) atoms. The van der Waals surface area contributed by atoms with E-state index in [1.54, 1.807) is 0 Å². The highest BCUT2D eigenvalue weighted by atomic mass is 19.3. The largest absolute Gasteiger partial charge is 0.452 e. The Labute approximate surface area is 161 Å². The molecule has 0 aromatic heterocycles. The Balaban J connectivity index is 1.72. The topological polar surface area (TPSA) is 93.7 Å². The van der Waals surface area contributed by atoms with E-state index >= 15 is 0 Å². The van der Waals surface area contributed by atoms with Gasteiger partial charge in [0.05, 0.1) is 0 Å². The van der Waals surface area contributed by atoms with Crippen molar-refractivity contribution >= 4 is 17.9 Å². The molecule has 0 bridgehead atoms. The highest BCUT2D eigenvalue weighted by Gasteiger charge is 2.18. The van der Waals surface area contributed by atoms with E-state index in [0.29, 0.717) is 6.54 Å². The van der Waals surface area contributed by atoms with Crippen molar-refractivity contribution in [2.45, 2.75) is 38.7 Å². The average Bonchev–Trinajstić information content (AvgIpc) is 2.67.